The van der Waals surface area contributed by atoms with Crippen LogP contribution in [0.4, 0.5) is 0 Å². The van der Waals surface area contributed by atoms with E-state index in [1.54, 1.807) is 6.07 Å². The van der Waals surface area contributed by atoms with Crippen molar-refractivity contribution in [1.29, 1.82) is 0 Å². The first-order chi connectivity index (χ1) is 10.9. The van der Waals surface area contributed by atoms with Crippen LogP contribution in [-0.4, -0.2) is 18.3 Å². The largest absolute Gasteiger partial charge is 0.485 e. The monoisotopic (exact) mass is 314 g/mol. The van der Waals surface area contributed by atoms with E-state index in [4.69, 9.17) is 13.9 Å². The summed E-state index contributed by atoms with van der Waals surface area (Å²) in [6.07, 6.45) is 2.59. The quantitative estimate of drug-likeness (QED) is 0.637. The molecule has 3 rings (SSSR count). The van der Waals surface area contributed by atoms with E-state index in [9.17, 15) is 4.79 Å². The number of hydrogen-bond acceptors (Lipinski definition) is 4. The fourth-order valence-corrected chi connectivity index (χ4v) is 2.82. The van der Waals surface area contributed by atoms with Gasteiger partial charge in [0.1, 0.15) is 23.0 Å². The van der Waals surface area contributed by atoms with Gasteiger partial charge >= 0.3 is 5.63 Å². The summed E-state index contributed by atoms with van der Waals surface area (Å²) >= 11 is 0. The highest BCUT2D eigenvalue weighted by molar-refractivity contribution is 5.82. The number of fused-ring (bicyclic) bond motifs is 3. The predicted octanol–water partition coefficient (Wildman–Crippen LogP) is 3.86. The van der Waals surface area contributed by atoms with Crippen LogP contribution in [0.1, 0.15) is 33.3 Å². The summed E-state index contributed by atoms with van der Waals surface area (Å²) in [5, 5.41) is 0.898. The zero-order valence-electron chi connectivity index (χ0n) is 14.0. The summed E-state index contributed by atoms with van der Waals surface area (Å²) in [6, 6.07) is 7.07. The van der Waals surface area contributed by atoms with E-state index in [-0.39, 0.29) is 11.7 Å². The van der Waals surface area contributed by atoms with Crippen molar-refractivity contribution in [3.05, 3.63) is 51.9 Å². The first kappa shape index (κ1) is 15.8. The van der Waals surface area contributed by atoms with Gasteiger partial charge in [-0.1, -0.05) is 11.6 Å². The molecule has 0 amide bonds. The molecule has 1 aromatic heterocycles. The number of ether oxygens (including phenoxy) is 2. The predicted molar refractivity (Wildman–Crippen MR) is 90.1 cm³/mol. The van der Waals surface area contributed by atoms with Crippen LogP contribution in [0.25, 0.3) is 11.0 Å². The lowest BCUT2D eigenvalue weighted by molar-refractivity contribution is -0.0769. The Hall–Kier alpha value is -2.07. The van der Waals surface area contributed by atoms with Crippen LogP contribution in [0.15, 0.2) is 45.1 Å². The van der Waals surface area contributed by atoms with Gasteiger partial charge in [-0.25, -0.2) is 4.79 Å². The first-order valence-electron chi connectivity index (χ1n) is 7.89. The van der Waals surface area contributed by atoms with Gasteiger partial charge in [-0.2, -0.15) is 0 Å². The molecule has 0 fully saturated rings. The molecule has 4 heteroatoms. The van der Waals surface area contributed by atoms with Crippen molar-refractivity contribution in [2.45, 2.75) is 45.8 Å². The summed E-state index contributed by atoms with van der Waals surface area (Å²) in [7, 11) is 0. The fourth-order valence-electron chi connectivity index (χ4n) is 2.82. The molecule has 0 N–H and O–H groups in total. The Bertz CT molecular complexity index is 814. The number of allylic oxidation sites excluding steroid dienone is 1. The third-order valence-electron chi connectivity index (χ3n) is 4.39. The van der Waals surface area contributed by atoms with E-state index in [0.717, 1.165) is 16.7 Å². The highest BCUT2D eigenvalue weighted by atomic mass is 16.6. The molecule has 1 atom stereocenters. The van der Waals surface area contributed by atoms with Gasteiger partial charge in [0.05, 0.1) is 6.61 Å². The Morgan fingerprint density at radius 1 is 1.35 bits per heavy atom. The first-order valence-corrected chi connectivity index (χ1v) is 7.89. The van der Waals surface area contributed by atoms with Gasteiger partial charge in [0, 0.05) is 23.4 Å². The lowest BCUT2D eigenvalue weighted by atomic mass is 9.90. The molecule has 0 spiro atoms. The Labute approximate surface area is 135 Å². The van der Waals surface area contributed by atoms with Crippen LogP contribution in [0.2, 0.25) is 0 Å². The van der Waals surface area contributed by atoms with Gasteiger partial charge in [0.25, 0.3) is 0 Å². The molecule has 1 unspecified atom stereocenters. The minimum Gasteiger partial charge on any atom is -0.485 e. The minimum absolute atomic E-state index is 0.110. The van der Waals surface area contributed by atoms with E-state index >= 15 is 0 Å². The van der Waals surface area contributed by atoms with Crippen LogP contribution in [0.5, 0.6) is 5.75 Å². The molecular weight excluding hydrogens is 292 g/mol. The maximum atomic E-state index is 11.6. The Morgan fingerprint density at radius 3 is 2.83 bits per heavy atom. The highest BCUT2D eigenvalue weighted by Crippen LogP contribution is 2.38. The summed E-state index contributed by atoms with van der Waals surface area (Å²) in [5.74, 6) is 0.763. The van der Waals surface area contributed by atoms with Crippen molar-refractivity contribution < 1.29 is 13.9 Å². The third kappa shape index (κ3) is 3.04. The van der Waals surface area contributed by atoms with Crippen molar-refractivity contribution in [3.63, 3.8) is 0 Å². The lowest BCUT2D eigenvalue weighted by Crippen LogP contribution is -2.48. The number of benzene rings is 1. The molecular formula is C19H22O4. The van der Waals surface area contributed by atoms with Crippen LogP contribution in [0, 0.1) is 0 Å². The van der Waals surface area contributed by atoms with Gasteiger partial charge < -0.3 is 13.9 Å². The average molecular weight is 314 g/mol. The SMILES string of the molecule is CC=C(C)COC1Cc2c(ccc3ccc(=O)oc23)OC1(C)C. The molecule has 23 heavy (non-hydrogen) atoms. The number of hydrogen-bond donors (Lipinski definition) is 0. The second-order valence-corrected chi connectivity index (χ2v) is 6.56. The molecule has 1 aromatic carbocycles. The maximum absolute atomic E-state index is 11.6. The van der Waals surface area contributed by atoms with E-state index in [1.807, 2.05) is 45.9 Å². The summed E-state index contributed by atoms with van der Waals surface area (Å²) in [4.78, 5) is 11.6. The van der Waals surface area contributed by atoms with Gasteiger partial charge in [-0.3, -0.25) is 0 Å². The minimum atomic E-state index is -0.441. The van der Waals surface area contributed by atoms with Crippen LogP contribution in [-0.2, 0) is 11.2 Å². The molecule has 2 aromatic rings. The lowest BCUT2D eigenvalue weighted by Gasteiger charge is -2.39. The molecule has 0 bridgehead atoms. The summed E-state index contributed by atoms with van der Waals surface area (Å²) in [5.41, 5.74) is 1.89. The standard InChI is InChI=1S/C19H22O4/c1-5-12(2)11-21-16-10-14-15(23-19(16,3)4)8-6-13-7-9-17(20)22-18(13)14/h5-9,16H,10-11H2,1-4H3. The van der Waals surface area contributed by atoms with Crippen molar-refractivity contribution in [2.24, 2.45) is 0 Å². The summed E-state index contributed by atoms with van der Waals surface area (Å²) < 4.78 is 17.6. The fraction of sp³-hybridized carbons (Fsp3) is 0.421. The molecule has 0 saturated carbocycles. The van der Waals surface area contributed by atoms with Crippen LogP contribution < -0.4 is 10.4 Å². The Kier molecular flexibility index (Phi) is 4.02. The van der Waals surface area contributed by atoms with Crippen molar-refractivity contribution in [2.75, 3.05) is 6.61 Å². The third-order valence-corrected chi connectivity index (χ3v) is 4.39. The second kappa shape index (κ2) is 5.85. The van der Waals surface area contributed by atoms with Gasteiger partial charge in [-0.15, -0.1) is 0 Å². The van der Waals surface area contributed by atoms with E-state index < -0.39 is 5.60 Å². The Balaban J connectivity index is 2.00. The van der Waals surface area contributed by atoms with Crippen molar-refractivity contribution in [1.82, 2.24) is 0 Å². The van der Waals surface area contributed by atoms with Crippen LogP contribution >= 0.6 is 0 Å². The number of rotatable bonds is 3. The van der Waals surface area contributed by atoms with Gasteiger partial charge in [0.2, 0.25) is 0 Å². The molecule has 0 radical (unpaired) electrons. The maximum Gasteiger partial charge on any atom is 0.336 e. The molecule has 2 heterocycles. The van der Waals surface area contributed by atoms with E-state index in [2.05, 4.69) is 0 Å². The normalized spacial score (nSPS) is 20.2. The van der Waals surface area contributed by atoms with E-state index in [0.29, 0.717) is 18.6 Å². The van der Waals surface area contributed by atoms with Gasteiger partial charge in [-0.05, 0) is 45.9 Å². The molecule has 0 saturated heterocycles. The molecule has 1 aliphatic heterocycles. The Morgan fingerprint density at radius 2 is 2.09 bits per heavy atom. The summed E-state index contributed by atoms with van der Waals surface area (Å²) in [6.45, 7) is 8.66. The van der Waals surface area contributed by atoms with Gasteiger partial charge in [0.15, 0.2) is 0 Å². The zero-order chi connectivity index (χ0) is 16.6. The molecule has 122 valence electrons. The van der Waals surface area contributed by atoms with E-state index in [1.165, 1.54) is 11.6 Å². The highest BCUT2D eigenvalue weighted by Gasteiger charge is 2.39. The smallest absolute Gasteiger partial charge is 0.336 e. The van der Waals surface area contributed by atoms with Crippen LogP contribution in [0.3, 0.4) is 0 Å². The topological polar surface area (TPSA) is 48.7 Å². The molecule has 1 aliphatic rings. The zero-order valence-corrected chi connectivity index (χ0v) is 14.0. The average Bonchev–Trinajstić information content (AvgIpc) is 2.51. The van der Waals surface area contributed by atoms with Crippen molar-refractivity contribution in [3.8, 4) is 5.75 Å². The van der Waals surface area contributed by atoms with Crippen molar-refractivity contribution >= 4 is 11.0 Å². The second-order valence-electron chi connectivity index (χ2n) is 6.56. The molecule has 0 aliphatic carbocycles. The molecule has 4 nitrogen and oxygen atoms in total.